The van der Waals surface area contributed by atoms with E-state index in [2.05, 4.69) is 21.7 Å². The van der Waals surface area contributed by atoms with Crippen molar-refractivity contribution in [3.05, 3.63) is 163 Å². The van der Waals surface area contributed by atoms with Gasteiger partial charge in [0.1, 0.15) is 35.3 Å². The summed E-state index contributed by atoms with van der Waals surface area (Å²) in [6.45, 7) is 0.239. The Balaban J connectivity index is 0.981. The number of thiophene rings is 1. The van der Waals surface area contributed by atoms with Crippen molar-refractivity contribution in [2.45, 2.75) is 44.2 Å². The summed E-state index contributed by atoms with van der Waals surface area (Å²) >= 11 is 13.2. The number of carbonyl (C=O) groups excluding carboxylic acids is 3. The molecule has 15 heteroatoms. The monoisotopic (exact) mass is 857 g/mol. The number of nitrogens with one attached hydrogen (secondary N) is 2. The van der Waals surface area contributed by atoms with Crippen molar-refractivity contribution in [3.63, 3.8) is 0 Å². The quantitative estimate of drug-likeness (QED) is 0.109. The lowest BCUT2D eigenvalue weighted by molar-refractivity contribution is -0.142. The number of pyridine rings is 1. The minimum atomic E-state index is -1.29. The van der Waals surface area contributed by atoms with Crippen LogP contribution in [0.1, 0.15) is 49.2 Å². The number of hydrogen-bond donors (Lipinski definition) is 3. The maximum atomic E-state index is 14.1. The first-order valence-electron chi connectivity index (χ1n) is 18.7. The first-order valence-corrected chi connectivity index (χ1v) is 20.3. The zero-order chi connectivity index (χ0) is 41.9. The summed E-state index contributed by atoms with van der Waals surface area (Å²) < 4.78 is 12.1. The average molecular weight is 859 g/mol. The predicted molar refractivity (Wildman–Crippen MR) is 225 cm³/mol. The third-order valence-corrected chi connectivity index (χ3v) is 11.8. The lowest BCUT2D eigenvalue weighted by Crippen LogP contribution is -2.55. The average Bonchev–Trinajstić information content (AvgIpc) is 3.81. The second-order valence-electron chi connectivity index (χ2n) is 14.2. The van der Waals surface area contributed by atoms with E-state index in [0.717, 1.165) is 22.3 Å². The highest BCUT2D eigenvalue weighted by Crippen LogP contribution is 2.40. The molecule has 0 radical (unpaired) electrons. The highest BCUT2D eigenvalue weighted by molar-refractivity contribution is 7.12. The standard InChI is InChI=1S/C45H33Cl2N5O7S/c46-34-16-27(22-49-41(34)47)24-58-33-13-11-30(12-14-33)40-43(54)50-35-18-31-19-37(52(23-32(31)20-38(35)59-40)44(55)39-2-1-15-60-39)42(53)51-36(45(56)57)17-25-3-7-28(8-4-25)29-9-5-26(21-48)6-10-29/h1-16,18,20,22,36-37,40H,17,19,23-24H2,(H,50,54)(H,51,53)(H,56,57). The Morgan fingerprint density at radius 3 is 2.38 bits per heavy atom. The van der Waals surface area contributed by atoms with Crippen LogP contribution in [-0.4, -0.2) is 50.8 Å². The Labute approximate surface area is 357 Å². The maximum absolute atomic E-state index is 14.1. The van der Waals surface area contributed by atoms with E-state index in [1.165, 1.54) is 16.2 Å². The zero-order valence-corrected chi connectivity index (χ0v) is 33.8. The summed E-state index contributed by atoms with van der Waals surface area (Å²) in [5.41, 5.74) is 6.17. The summed E-state index contributed by atoms with van der Waals surface area (Å²) in [5, 5.41) is 27.2. The van der Waals surface area contributed by atoms with Crippen LogP contribution in [0.15, 0.2) is 115 Å². The second-order valence-corrected chi connectivity index (χ2v) is 15.9. The van der Waals surface area contributed by atoms with Gasteiger partial charge in [-0.05, 0) is 81.7 Å². The molecule has 4 aromatic carbocycles. The first-order chi connectivity index (χ1) is 29.0. The summed E-state index contributed by atoms with van der Waals surface area (Å²) in [4.78, 5) is 59.9. The van der Waals surface area contributed by atoms with Gasteiger partial charge in [-0.15, -0.1) is 11.3 Å². The molecule has 4 heterocycles. The van der Waals surface area contributed by atoms with E-state index in [4.69, 9.17) is 37.9 Å². The van der Waals surface area contributed by atoms with Crippen LogP contribution in [-0.2, 0) is 40.4 Å². The van der Waals surface area contributed by atoms with Gasteiger partial charge in [-0.3, -0.25) is 14.4 Å². The molecule has 3 atom stereocenters. The predicted octanol–water partition coefficient (Wildman–Crippen LogP) is 8.02. The number of aromatic nitrogens is 1. The number of anilines is 1. The molecular formula is C45H33Cl2N5O7S. The molecule has 0 bridgehead atoms. The van der Waals surface area contributed by atoms with Crippen molar-refractivity contribution in [1.82, 2.24) is 15.2 Å². The van der Waals surface area contributed by atoms with Gasteiger partial charge in [-0.1, -0.05) is 77.8 Å². The van der Waals surface area contributed by atoms with Crippen LogP contribution in [0.4, 0.5) is 5.69 Å². The molecule has 0 fully saturated rings. The van der Waals surface area contributed by atoms with Gasteiger partial charge >= 0.3 is 5.97 Å². The molecule has 8 rings (SSSR count). The Morgan fingerprint density at radius 2 is 1.72 bits per heavy atom. The van der Waals surface area contributed by atoms with Crippen LogP contribution in [0.5, 0.6) is 11.5 Å². The molecular weight excluding hydrogens is 825 g/mol. The second kappa shape index (κ2) is 17.2. The summed E-state index contributed by atoms with van der Waals surface area (Å²) in [5.74, 6) is -1.66. The number of nitrogens with zero attached hydrogens (tertiary/aromatic N) is 3. The van der Waals surface area contributed by atoms with E-state index in [1.807, 2.05) is 24.3 Å². The smallest absolute Gasteiger partial charge is 0.326 e. The number of ether oxygens (including phenoxy) is 2. The van der Waals surface area contributed by atoms with E-state index in [1.54, 1.807) is 90.4 Å². The van der Waals surface area contributed by atoms with Crippen molar-refractivity contribution in [2.24, 2.45) is 0 Å². The number of amides is 3. The normalized spacial score (nSPS) is 15.9. The van der Waals surface area contributed by atoms with Crippen molar-refractivity contribution in [1.29, 1.82) is 5.26 Å². The van der Waals surface area contributed by atoms with Crippen LogP contribution in [0.2, 0.25) is 10.2 Å². The Bertz CT molecular complexity index is 2650. The topological polar surface area (TPSA) is 171 Å². The molecule has 6 aromatic rings. The molecule has 2 aliphatic heterocycles. The lowest BCUT2D eigenvalue weighted by Gasteiger charge is -2.37. The summed E-state index contributed by atoms with van der Waals surface area (Å²) in [6, 6.07) is 29.7. The van der Waals surface area contributed by atoms with Gasteiger partial charge in [0.05, 0.1) is 27.2 Å². The molecule has 300 valence electrons. The number of carboxylic acids is 1. The van der Waals surface area contributed by atoms with Gasteiger partial charge in [0.25, 0.3) is 11.8 Å². The van der Waals surface area contributed by atoms with E-state index in [9.17, 15) is 24.3 Å². The fraction of sp³-hybridized carbons (Fsp3) is 0.156. The molecule has 3 N–H and O–H groups in total. The van der Waals surface area contributed by atoms with Crippen LogP contribution >= 0.6 is 34.5 Å². The maximum Gasteiger partial charge on any atom is 0.326 e. The number of aliphatic carboxylic acids is 1. The van der Waals surface area contributed by atoms with Crippen LogP contribution in [0, 0.1) is 11.3 Å². The first kappa shape index (κ1) is 40.1. The molecule has 0 aliphatic carbocycles. The highest BCUT2D eigenvalue weighted by Gasteiger charge is 2.39. The molecule has 0 saturated carbocycles. The number of nitriles is 1. The minimum absolute atomic E-state index is 0.00113. The van der Waals surface area contributed by atoms with Gasteiger partial charge in [0, 0.05) is 36.7 Å². The molecule has 3 amide bonds. The third kappa shape index (κ3) is 8.67. The zero-order valence-electron chi connectivity index (χ0n) is 31.4. The largest absolute Gasteiger partial charge is 0.489 e. The van der Waals surface area contributed by atoms with Crippen LogP contribution < -0.4 is 20.1 Å². The fourth-order valence-electron chi connectivity index (χ4n) is 7.12. The number of benzene rings is 4. The van der Waals surface area contributed by atoms with Gasteiger partial charge in [0.15, 0.2) is 0 Å². The van der Waals surface area contributed by atoms with Crippen LogP contribution in [0.25, 0.3) is 11.1 Å². The molecule has 60 heavy (non-hydrogen) atoms. The Hall–Kier alpha value is -6.72. The molecule has 0 saturated heterocycles. The molecule has 2 aromatic heterocycles. The number of fused-ring (bicyclic) bond motifs is 2. The number of carboxylic acid groups (broad SMARTS) is 1. The Morgan fingerprint density at radius 1 is 0.983 bits per heavy atom. The lowest BCUT2D eigenvalue weighted by atomic mass is 9.91. The van der Waals surface area contributed by atoms with E-state index >= 15 is 0 Å². The van der Waals surface area contributed by atoms with Gasteiger partial charge in [-0.2, -0.15) is 5.26 Å². The number of halogens is 2. The SMILES string of the molecule is N#Cc1ccc(-c2ccc(CC(NC(=O)C3Cc4cc5c(cc4CN3C(=O)c3cccs3)OC(c3ccc(OCc4cnc(Cl)c(Cl)c4)cc3)C(=O)N5)C(=O)O)cc2)cc1. The van der Waals surface area contributed by atoms with E-state index < -0.39 is 36.0 Å². The van der Waals surface area contributed by atoms with E-state index in [0.29, 0.717) is 49.3 Å². The van der Waals surface area contributed by atoms with E-state index in [-0.39, 0.29) is 37.1 Å². The fourth-order valence-corrected chi connectivity index (χ4v) is 8.09. The van der Waals surface area contributed by atoms with Crippen molar-refractivity contribution in [2.75, 3.05) is 5.32 Å². The third-order valence-electron chi connectivity index (χ3n) is 10.3. The summed E-state index contributed by atoms with van der Waals surface area (Å²) in [7, 11) is 0. The molecule has 2 aliphatic rings. The molecule has 0 spiro atoms. The van der Waals surface area contributed by atoms with Gasteiger partial charge in [0.2, 0.25) is 12.0 Å². The number of carbonyl (C=O) groups is 4. The van der Waals surface area contributed by atoms with Crippen LogP contribution in [0.3, 0.4) is 0 Å². The Kier molecular flexibility index (Phi) is 11.5. The van der Waals surface area contributed by atoms with Crippen molar-refractivity contribution < 1.29 is 33.8 Å². The van der Waals surface area contributed by atoms with Gasteiger partial charge in [-0.25, -0.2) is 9.78 Å². The molecule has 12 nitrogen and oxygen atoms in total. The van der Waals surface area contributed by atoms with Crippen molar-refractivity contribution >= 4 is 63.9 Å². The number of rotatable bonds is 11. The number of hydrogen-bond acceptors (Lipinski definition) is 9. The van der Waals surface area contributed by atoms with Gasteiger partial charge < -0.3 is 30.1 Å². The molecule has 3 unspecified atom stereocenters. The minimum Gasteiger partial charge on any atom is -0.489 e. The van der Waals surface area contributed by atoms with Crippen molar-refractivity contribution in [3.8, 4) is 28.7 Å². The highest BCUT2D eigenvalue weighted by atomic mass is 35.5. The summed E-state index contributed by atoms with van der Waals surface area (Å²) in [6.07, 6.45) is 0.663.